The third-order valence-corrected chi connectivity index (χ3v) is 3.78. The molecule has 16 heavy (non-hydrogen) atoms. The first-order valence-electron chi connectivity index (χ1n) is 6.02. The molecule has 3 unspecified atom stereocenters. The van der Waals surface area contributed by atoms with Crippen molar-refractivity contribution in [2.45, 2.75) is 31.3 Å². The van der Waals surface area contributed by atoms with Crippen molar-refractivity contribution < 1.29 is 4.79 Å². The van der Waals surface area contributed by atoms with E-state index in [2.05, 4.69) is 17.1 Å². The number of allylic oxidation sites excluding steroid dienone is 1. The Morgan fingerprint density at radius 2 is 2.25 bits per heavy atom. The molecule has 0 aromatic heterocycles. The summed E-state index contributed by atoms with van der Waals surface area (Å²) in [5, 5.41) is 0. The molecule has 0 spiro atoms. The van der Waals surface area contributed by atoms with E-state index in [1.807, 2.05) is 23.3 Å². The number of rotatable bonds is 0. The number of dihydropyridines is 1. The van der Waals surface area contributed by atoms with Crippen LogP contribution < -0.4 is 0 Å². The molecule has 1 saturated heterocycles. The first-order chi connectivity index (χ1) is 7.86. The van der Waals surface area contributed by atoms with Crippen LogP contribution in [0.2, 0.25) is 0 Å². The van der Waals surface area contributed by atoms with E-state index in [9.17, 15) is 4.79 Å². The molecule has 3 aliphatic rings. The standard InChI is InChI=1S/C13H16N2O/c16-13-11-5-3-8-14-12(11)7-6-10-4-1-2-9-15(10)13/h1-3,5,8,10-12H,4,6-7,9H2. The molecule has 0 aromatic carbocycles. The second-order valence-electron chi connectivity index (χ2n) is 4.71. The van der Waals surface area contributed by atoms with Gasteiger partial charge in [0.15, 0.2) is 0 Å². The molecule has 3 nitrogen and oxygen atoms in total. The van der Waals surface area contributed by atoms with Crippen molar-refractivity contribution in [3.05, 3.63) is 24.3 Å². The largest absolute Gasteiger partial charge is 0.335 e. The summed E-state index contributed by atoms with van der Waals surface area (Å²) in [6, 6.07) is 0.592. The second-order valence-corrected chi connectivity index (χ2v) is 4.71. The molecule has 0 radical (unpaired) electrons. The van der Waals surface area contributed by atoms with Crippen LogP contribution in [0.5, 0.6) is 0 Å². The molecule has 0 N–H and O–H groups in total. The van der Waals surface area contributed by atoms with E-state index in [0.29, 0.717) is 6.04 Å². The molecule has 1 fully saturated rings. The predicted octanol–water partition coefficient (Wildman–Crippen LogP) is 1.56. The monoisotopic (exact) mass is 216 g/mol. The molecule has 84 valence electrons. The van der Waals surface area contributed by atoms with Gasteiger partial charge < -0.3 is 4.90 Å². The summed E-state index contributed by atoms with van der Waals surface area (Å²) >= 11 is 0. The number of hydrogen-bond acceptors (Lipinski definition) is 2. The molecule has 3 atom stereocenters. The lowest BCUT2D eigenvalue weighted by atomic mass is 9.94. The van der Waals surface area contributed by atoms with Crippen molar-refractivity contribution >= 4 is 12.1 Å². The number of hydrogen-bond donors (Lipinski definition) is 0. The summed E-state index contributed by atoms with van der Waals surface area (Å²) in [5.74, 6) is 0.256. The van der Waals surface area contributed by atoms with E-state index in [4.69, 9.17) is 0 Å². The van der Waals surface area contributed by atoms with E-state index in [1.54, 1.807) is 0 Å². The number of amides is 1. The first-order valence-corrected chi connectivity index (χ1v) is 6.02. The van der Waals surface area contributed by atoms with Crippen LogP contribution in [0.3, 0.4) is 0 Å². The third-order valence-electron chi connectivity index (χ3n) is 3.78. The lowest BCUT2D eigenvalue weighted by molar-refractivity contribution is -0.135. The summed E-state index contributed by atoms with van der Waals surface area (Å²) in [6.07, 6.45) is 13.2. The first kappa shape index (κ1) is 9.82. The molecule has 3 heterocycles. The number of nitrogens with zero attached hydrogens (tertiary/aromatic N) is 2. The van der Waals surface area contributed by atoms with E-state index in [0.717, 1.165) is 25.8 Å². The Kier molecular flexibility index (Phi) is 2.39. The fourth-order valence-electron chi connectivity index (χ4n) is 2.87. The Balaban J connectivity index is 1.90. The Morgan fingerprint density at radius 1 is 1.31 bits per heavy atom. The normalized spacial score (nSPS) is 36.9. The van der Waals surface area contributed by atoms with Crippen LogP contribution in [0.1, 0.15) is 19.3 Å². The van der Waals surface area contributed by atoms with Crippen molar-refractivity contribution in [3.8, 4) is 0 Å². The van der Waals surface area contributed by atoms with Gasteiger partial charge in [0.25, 0.3) is 0 Å². The lowest BCUT2D eigenvalue weighted by Crippen LogP contribution is -2.44. The van der Waals surface area contributed by atoms with Gasteiger partial charge in [-0.1, -0.05) is 18.2 Å². The van der Waals surface area contributed by atoms with E-state index in [1.165, 1.54) is 0 Å². The molecule has 3 rings (SSSR count). The van der Waals surface area contributed by atoms with Crippen LogP contribution in [-0.4, -0.2) is 35.7 Å². The number of carbonyl (C=O) groups is 1. The smallest absolute Gasteiger partial charge is 0.232 e. The fraction of sp³-hybridized carbons (Fsp3) is 0.538. The quantitative estimate of drug-likeness (QED) is 0.566. The van der Waals surface area contributed by atoms with Gasteiger partial charge in [0, 0.05) is 18.8 Å². The summed E-state index contributed by atoms with van der Waals surface area (Å²) in [7, 11) is 0. The van der Waals surface area contributed by atoms with Crippen molar-refractivity contribution in [2.75, 3.05) is 6.54 Å². The second kappa shape index (κ2) is 3.89. The Labute approximate surface area is 95.5 Å². The van der Waals surface area contributed by atoms with Gasteiger partial charge in [-0.05, 0) is 25.3 Å². The highest BCUT2D eigenvalue weighted by Gasteiger charge is 2.37. The van der Waals surface area contributed by atoms with Gasteiger partial charge in [0.05, 0.1) is 12.0 Å². The van der Waals surface area contributed by atoms with Crippen LogP contribution >= 0.6 is 0 Å². The Morgan fingerprint density at radius 3 is 3.19 bits per heavy atom. The van der Waals surface area contributed by atoms with Gasteiger partial charge in [-0.2, -0.15) is 0 Å². The van der Waals surface area contributed by atoms with Gasteiger partial charge in [0.1, 0.15) is 0 Å². The van der Waals surface area contributed by atoms with Gasteiger partial charge in [-0.3, -0.25) is 9.79 Å². The van der Waals surface area contributed by atoms with Crippen LogP contribution in [0.15, 0.2) is 29.3 Å². The van der Waals surface area contributed by atoms with Gasteiger partial charge in [-0.25, -0.2) is 0 Å². The fourth-order valence-corrected chi connectivity index (χ4v) is 2.87. The van der Waals surface area contributed by atoms with Crippen molar-refractivity contribution in [1.82, 2.24) is 4.90 Å². The Bertz CT molecular complexity index is 383. The van der Waals surface area contributed by atoms with E-state index in [-0.39, 0.29) is 17.9 Å². The minimum Gasteiger partial charge on any atom is -0.335 e. The zero-order valence-electron chi connectivity index (χ0n) is 9.25. The molecular weight excluding hydrogens is 200 g/mol. The molecule has 0 aromatic rings. The number of aliphatic imine (C=N–C) groups is 1. The Hall–Kier alpha value is -1.38. The minimum absolute atomic E-state index is 0.0125. The van der Waals surface area contributed by atoms with E-state index >= 15 is 0 Å². The predicted molar refractivity (Wildman–Crippen MR) is 63.4 cm³/mol. The summed E-state index contributed by atoms with van der Waals surface area (Å²) in [5.41, 5.74) is 0. The SMILES string of the molecule is O=C1C2C=CC=NC2CCC2CC=CCN12. The molecule has 1 amide bonds. The van der Waals surface area contributed by atoms with Crippen LogP contribution in [-0.2, 0) is 4.79 Å². The van der Waals surface area contributed by atoms with Crippen LogP contribution in [0, 0.1) is 5.92 Å². The zero-order chi connectivity index (χ0) is 11.0. The minimum atomic E-state index is -0.0125. The maximum Gasteiger partial charge on any atom is 0.232 e. The maximum atomic E-state index is 12.4. The number of carbonyl (C=O) groups excluding carboxylic acids is 1. The van der Waals surface area contributed by atoms with Crippen molar-refractivity contribution in [3.63, 3.8) is 0 Å². The highest BCUT2D eigenvalue weighted by molar-refractivity contribution is 5.85. The molecule has 3 heteroatoms. The highest BCUT2D eigenvalue weighted by atomic mass is 16.2. The third kappa shape index (κ3) is 1.51. The molecule has 0 bridgehead atoms. The topological polar surface area (TPSA) is 32.7 Å². The van der Waals surface area contributed by atoms with Gasteiger partial charge in [-0.15, -0.1) is 0 Å². The van der Waals surface area contributed by atoms with E-state index < -0.39 is 0 Å². The van der Waals surface area contributed by atoms with Crippen LogP contribution in [0.25, 0.3) is 0 Å². The summed E-state index contributed by atoms with van der Waals surface area (Å²) in [4.78, 5) is 18.9. The van der Waals surface area contributed by atoms with Crippen molar-refractivity contribution in [1.29, 1.82) is 0 Å². The summed E-state index contributed by atoms with van der Waals surface area (Å²) in [6.45, 7) is 0.782. The van der Waals surface area contributed by atoms with Crippen molar-refractivity contribution in [2.24, 2.45) is 10.9 Å². The highest BCUT2D eigenvalue weighted by Crippen LogP contribution is 2.30. The molecule has 3 aliphatic heterocycles. The average molecular weight is 216 g/mol. The van der Waals surface area contributed by atoms with Gasteiger partial charge in [0.2, 0.25) is 5.91 Å². The molecular formula is C13H16N2O. The maximum absolute atomic E-state index is 12.4. The summed E-state index contributed by atoms with van der Waals surface area (Å²) < 4.78 is 0. The average Bonchev–Trinajstić information content (AvgIpc) is 2.49. The van der Waals surface area contributed by atoms with Gasteiger partial charge >= 0.3 is 0 Å². The van der Waals surface area contributed by atoms with Crippen LogP contribution in [0.4, 0.5) is 0 Å². The molecule has 0 saturated carbocycles. The number of fused-ring (bicyclic) bond motifs is 2. The lowest BCUT2D eigenvalue weighted by Gasteiger charge is -2.32. The molecule has 0 aliphatic carbocycles. The zero-order valence-corrected chi connectivity index (χ0v) is 9.25.